The van der Waals surface area contributed by atoms with E-state index >= 15 is 0 Å². The first kappa shape index (κ1) is 10.1. The number of nitrogens with zero attached hydrogens (tertiary/aromatic N) is 2. The number of carboxylic acid groups (broad SMARTS) is 1. The number of rotatable bonds is 2. The zero-order valence-electron chi connectivity index (χ0n) is 7.64. The molecule has 6 heteroatoms. The Morgan fingerprint density at radius 3 is 2.57 bits per heavy atom. The molecule has 0 unspecified atom stereocenters. The summed E-state index contributed by atoms with van der Waals surface area (Å²) in [5.41, 5.74) is -0.0142. The lowest BCUT2D eigenvalue weighted by molar-refractivity contribution is -0.386. The second-order valence-electron chi connectivity index (χ2n) is 2.79. The van der Waals surface area contributed by atoms with Crippen LogP contribution in [0.15, 0.2) is 6.20 Å². The Kier molecular flexibility index (Phi) is 2.46. The van der Waals surface area contributed by atoms with Crippen molar-refractivity contribution in [1.29, 1.82) is 0 Å². The van der Waals surface area contributed by atoms with E-state index in [1.54, 1.807) is 0 Å². The van der Waals surface area contributed by atoms with Gasteiger partial charge in [0.2, 0.25) is 0 Å². The maximum atomic E-state index is 10.6. The van der Waals surface area contributed by atoms with Crippen molar-refractivity contribution < 1.29 is 14.8 Å². The lowest BCUT2D eigenvalue weighted by Gasteiger charge is -2.02. The molecule has 1 N–H and O–H groups in total. The molecular weight excluding hydrogens is 188 g/mol. The topological polar surface area (TPSA) is 93.3 Å². The predicted octanol–water partition coefficient (Wildman–Crippen LogP) is 1.30. The molecule has 1 rings (SSSR count). The highest BCUT2D eigenvalue weighted by Crippen LogP contribution is 2.23. The van der Waals surface area contributed by atoms with E-state index in [9.17, 15) is 14.9 Å². The second kappa shape index (κ2) is 3.41. The molecule has 0 aromatic carbocycles. The number of aromatic carboxylic acids is 1. The molecule has 1 heterocycles. The molecule has 0 spiro atoms. The van der Waals surface area contributed by atoms with Gasteiger partial charge in [-0.2, -0.15) is 0 Å². The maximum absolute atomic E-state index is 10.6. The SMILES string of the molecule is Cc1ncc(C(=O)O)c(C)c1[N+](=O)[O-]. The molecular formula is C8H8N2O4. The van der Waals surface area contributed by atoms with E-state index in [0.717, 1.165) is 6.20 Å². The molecule has 0 saturated heterocycles. The fourth-order valence-corrected chi connectivity index (χ4v) is 1.20. The van der Waals surface area contributed by atoms with Gasteiger partial charge >= 0.3 is 5.97 Å². The third-order valence-electron chi connectivity index (χ3n) is 1.90. The molecule has 6 nitrogen and oxygen atoms in total. The van der Waals surface area contributed by atoms with Crippen molar-refractivity contribution in [2.75, 3.05) is 0 Å². The molecule has 74 valence electrons. The summed E-state index contributed by atoms with van der Waals surface area (Å²) in [5.74, 6) is -1.21. The summed E-state index contributed by atoms with van der Waals surface area (Å²) in [6, 6.07) is 0. The van der Waals surface area contributed by atoms with Crippen LogP contribution in [0.5, 0.6) is 0 Å². The minimum atomic E-state index is -1.21. The van der Waals surface area contributed by atoms with Crippen LogP contribution in [0.3, 0.4) is 0 Å². The highest BCUT2D eigenvalue weighted by atomic mass is 16.6. The lowest BCUT2D eigenvalue weighted by atomic mass is 10.1. The van der Waals surface area contributed by atoms with E-state index in [2.05, 4.69) is 4.98 Å². The van der Waals surface area contributed by atoms with Crippen LogP contribution in [-0.2, 0) is 0 Å². The van der Waals surface area contributed by atoms with Crippen LogP contribution in [0.4, 0.5) is 5.69 Å². The number of aromatic nitrogens is 1. The monoisotopic (exact) mass is 196 g/mol. The summed E-state index contributed by atoms with van der Waals surface area (Å²) in [5, 5.41) is 19.3. The van der Waals surface area contributed by atoms with Crippen molar-refractivity contribution in [2.45, 2.75) is 13.8 Å². The van der Waals surface area contributed by atoms with Gasteiger partial charge < -0.3 is 5.11 Å². The van der Waals surface area contributed by atoms with Crippen LogP contribution in [0.25, 0.3) is 0 Å². The molecule has 1 aromatic heterocycles. The van der Waals surface area contributed by atoms with Crippen LogP contribution in [-0.4, -0.2) is 21.0 Å². The zero-order valence-corrected chi connectivity index (χ0v) is 7.64. The molecule has 0 aliphatic rings. The van der Waals surface area contributed by atoms with Gasteiger partial charge in [-0.1, -0.05) is 0 Å². The minimum absolute atomic E-state index is 0.134. The Bertz CT molecular complexity index is 414. The quantitative estimate of drug-likeness (QED) is 0.568. The first-order chi connectivity index (χ1) is 6.45. The van der Waals surface area contributed by atoms with Crippen molar-refractivity contribution >= 4 is 11.7 Å². The molecule has 0 amide bonds. The summed E-state index contributed by atoms with van der Waals surface area (Å²) < 4.78 is 0. The van der Waals surface area contributed by atoms with E-state index in [-0.39, 0.29) is 22.5 Å². The van der Waals surface area contributed by atoms with E-state index in [1.165, 1.54) is 13.8 Å². The van der Waals surface area contributed by atoms with Crippen LogP contribution >= 0.6 is 0 Å². The van der Waals surface area contributed by atoms with Crippen molar-refractivity contribution in [3.8, 4) is 0 Å². The van der Waals surface area contributed by atoms with E-state index < -0.39 is 10.9 Å². The number of hydrogen-bond donors (Lipinski definition) is 1. The molecule has 1 aromatic rings. The highest BCUT2D eigenvalue weighted by Gasteiger charge is 2.21. The Balaban J connectivity index is 3.49. The smallest absolute Gasteiger partial charge is 0.337 e. The van der Waals surface area contributed by atoms with Gasteiger partial charge in [0, 0.05) is 11.8 Å². The summed E-state index contributed by atoms with van der Waals surface area (Å²) in [6.07, 6.45) is 1.12. The predicted molar refractivity (Wildman–Crippen MR) is 47.3 cm³/mol. The number of aryl methyl sites for hydroxylation is 1. The molecule has 0 aliphatic carbocycles. The first-order valence-corrected chi connectivity index (χ1v) is 3.79. The fraction of sp³-hybridized carbons (Fsp3) is 0.250. The first-order valence-electron chi connectivity index (χ1n) is 3.79. The summed E-state index contributed by atoms with van der Waals surface area (Å²) in [6.45, 7) is 2.87. The van der Waals surface area contributed by atoms with Crippen LogP contribution in [0.1, 0.15) is 21.6 Å². The number of pyridine rings is 1. The molecule has 14 heavy (non-hydrogen) atoms. The Morgan fingerprint density at radius 2 is 2.14 bits per heavy atom. The average Bonchev–Trinajstić information content (AvgIpc) is 2.02. The molecule has 0 atom stereocenters. The minimum Gasteiger partial charge on any atom is -0.478 e. The second-order valence-corrected chi connectivity index (χ2v) is 2.79. The van der Waals surface area contributed by atoms with Gasteiger partial charge in [-0.15, -0.1) is 0 Å². The van der Waals surface area contributed by atoms with Crippen molar-refractivity contribution in [3.63, 3.8) is 0 Å². The molecule has 0 bridgehead atoms. The van der Waals surface area contributed by atoms with Crippen molar-refractivity contribution in [2.24, 2.45) is 0 Å². The number of nitro groups is 1. The van der Waals surface area contributed by atoms with Crippen molar-refractivity contribution in [1.82, 2.24) is 4.98 Å². The Labute approximate surface area is 79.4 Å². The zero-order chi connectivity index (χ0) is 10.9. The number of carbonyl (C=O) groups is 1. The normalized spacial score (nSPS) is 9.86. The average molecular weight is 196 g/mol. The standard InChI is InChI=1S/C8H8N2O4/c1-4-6(8(11)12)3-9-5(2)7(4)10(13)14/h3H,1-2H3,(H,11,12). The highest BCUT2D eigenvalue weighted by molar-refractivity contribution is 5.90. The van der Waals surface area contributed by atoms with Gasteiger partial charge in [0.1, 0.15) is 5.69 Å². The van der Waals surface area contributed by atoms with Crippen LogP contribution in [0.2, 0.25) is 0 Å². The van der Waals surface area contributed by atoms with E-state index in [4.69, 9.17) is 5.11 Å². The Hall–Kier alpha value is -1.98. The fourth-order valence-electron chi connectivity index (χ4n) is 1.20. The summed E-state index contributed by atoms with van der Waals surface area (Å²) in [4.78, 5) is 24.3. The van der Waals surface area contributed by atoms with Gasteiger partial charge in [0.05, 0.1) is 10.5 Å². The lowest BCUT2D eigenvalue weighted by Crippen LogP contribution is -2.06. The van der Waals surface area contributed by atoms with Gasteiger partial charge in [-0.25, -0.2) is 4.79 Å². The maximum Gasteiger partial charge on any atom is 0.337 e. The van der Waals surface area contributed by atoms with Gasteiger partial charge in [-0.3, -0.25) is 15.1 Å². The van der Waals surface area contributed by atoms with Gasteiger partial charge in [0.15, 0.2) is 0 Å². The number of hydrogen-bond acceptors (Lipinski definition) is 4. The summed E-state index contributed by atoms with van der Waals surface area (Å²) in [7, 11) is 0. The van der Waals surface area contributed by atoms with Crippen LogP contribution in [0, 0.1) is 24.0 Å². The molecule has 0 saturated carbocycles. The number of carboxylic acids is 1. The van der Waals surface area contributed by atoms with E-state index in [1.807, 2.05) is 0 Å². The summed E-state index contributed by atoms with van der Waals surface area (Å²) >= 11 is 0. The van der Waals surface area contributed by atoms with Crippen LogP contribution < -0.4 is 0 Å². The van der Waals surface area contributed by atoms with Gasteiger partial charge in [0.25, 0.3) is 5.69 Å². The Morgan fingerprint density at radius 1 is 1.57 bits per heavy atom. The van der Waals surface area contributed by atoms with E-state index in [0.29, 0.717) is 0 Å². The third kappa shape index (κ3) is 1.54. The van der Waals surface area contributed by atoms with Gasteiger partial charge in [-0.05, 0) is 13.8 Å². The molecule has 0 radical (unpaired) electrons. The largest absolute Gasteiger partial charge is 0.478 e. The van der Waals surface area contributed by atoms with Crippen molar-refractivity contribution in [3.05, 3.63) is 33.1 Å². The molecule has 0 fully saturated rings. The molecule has 0 aliphatic heterocycles. The third-order valence-corrected chi connectivity index (χ3v) is 1.90.